The molecule has 114 valence electrons. The number of hydrogen-bond acceptors (Lipinski definition) is 4. The van der Waals surface area contributed by atoms with Crippen LogP contribution in [0, 0.1) is 0 Å². The number of anilines is 1. The number of carbonyl (C=O) groups is 1. The van der Waals surface area contributed by atoms with Crippen LogP contribution < -0.4 is 10.9 Å². The zero-order chi connectivity index (χ0) is 15.9. The number of rotatable bonds is 6. The number of H-pyrrole nitrogens is 1. The molecule has 2 aromatic heterocycles. The molecule has 22 heavy (non-hydrogen) atoms. The second-order valence-electron chi connectivity index (χ2n) is 4.98. The monoisotopic (exact) mass is 297 g/mol. The van der Waals surface area contributed by atoms with E-state index in [1.807, 2.05) is 18.2 Å². The Morgan fingerprint density at radius 1 is 1.36 bits per heavy atom. The molecule has 5 nitrogen and oxygen atoms in total. The molecule has 2 heterocycles. The number of carbonyl (C=O) groups excluding carboxylic acids is 1. The molecule has 0 aliphatic rings. The summed E-state index contributed by atoms with van der Waals surface area (Å²) in [5, 5.41) is 2.86. The van der Waals surface area contributed by atoms with Gasteiger partial charge in [-0.2, -0.15) is 0 Å². The number of hydrogen-bond donors (Lipinski definition) is 2. The molecule has 2 N–H and O–H groups in total. The van der Waals surface area contributed by atoms with Gasteiger partial charge in [-0.3, -0.25) is 14.6 Å². The predicted molar refractivity (Wildman–Crippen MR) is 87.7 cm³/mol. The fraction of sp³-hybridized carbons (Fsp3) is 0.235. The van der Waals surface area contributed by atoms with Crippen LogP contribution in [0.2, 0.25) is 0 Å². The summed E-state index contributed by atoms with van der Waals surface area (Å²) in [6.45, 7) is 3.52. The molecule has 0 saturated heterocycles. The Balaban J connectivity index is 2.45. The van der Waals surface area contributed by atoms with Gasteiger partial charge in [-0.05, 0) is 43.2 Å². The number of aryl methyl sites for hydroxylation is 1. The van der Waals surface area contributed by atoms with Crippen LogP contribution in [0.25, 0.3) is 11.1 Å². The first-order chi connectivity index (χ1) is 10.6. The van der Waals surface area contributed by atoms with Crippen LogP contribution in [-0.2, 0) is 11.2 Å². The first-order valence-corrected chi connectivity index (χ1v) is 7.22. The lowest BCUT2D eigenvalue weighted by Crippen LogP contribution is -2.14. The number of ketones is 1. The van der Waals surface area contributed by atoms with E-state index in [1.165, 1.54) is 19.2 Å². The highest BCUT2D eigenvalue weighted by Crippen LogP contribution is 2.24. The first-order valence-electron chi connectivity index (χ1n) is 7.22. The van der Waals surface area contributed by atoms with Gasteiger partial charge in [0.25, 0.3) is 5.56 Å². The third-order valence-electron chi connectivity index (χ3n) is 3.17. The second kappa shape index (κ2) is 7.36. The molecule has 0 aromatic carbocycles. The van der Waals surface area contributed by atoms with Crippen molar-refractivity contribution in [3.63, 3.8) is 0 Å². The summed E-state index contributed by atoms with van der Waals surface area (Å²) >= 11 is 0. The highest BCUT2D eigenvalue weighted by atomic mass is 16.1. The van der Waals surface area contributed by atoms with Gasteiger partial charge < -0.3 is 10.3 Å². The molecule has 0 amide bonds. The molecule has 0 spiro atoms. The molecule has 0 atom stereocenters. The van der Waals surface area contributed by atoms with Crippen molar-refractivity contribution in [2.45, 2.75) is 26.7 Å². The number of nitrogens with zero attached hydrogens (tertiary/aromatic N) is 1. The van der Waals surface area contributed by atoms with Crippen LogP contribution in [0.4, 0.5) is 5.69 Å². The van der Waals surface area contributed by atoms with Gasteiger partial charge in [0.15, 0.2) is 5.78 Å². The average molecular weight is 297 g/mol. The van der Waals surface area contributed by atoms with Gasteiger partial charge in [0, 0.05) is 29.9 Å². The summed E-state index contributed by atoms with van der Waals surface area (Å²) in [4.78, 5) is 30.0. The molecule has 0 unspecified atom stereocenters. The Hall–Kier alpha value is -2.69. The number of aromatic nitrogens is 2. The van der Waals surface area contributed by atoms with Crippen LogP contribution in [0.15, 0.2) is 47.7 Å². The van der Waals surface area contributed by atoms with Crippen LogP contribution in [-0.4, -0.2) is 15.8 Å². The molecule has 2 aromatic rings. The van der Waals surface area contributed by atoms with Gasteiger partial charge in [-0.1, -0.05) is 13.3 Å². The van der Waals surface area contributed by atoms with Crippen molar-refractivity contribution in [3.8, 4) is 11.1 Å². The second-order valence-corrected chi connectivity index (χ2v) is 4.98. The van der Waals surface area contributed by atoms with Crippen molar-refractivity contribution < 1.29 is 4.79 Å². The molecule has 0 radical (unpaired) electrons. The lowest BCUT2D eigenvalue weighted by atomic mass is 10.0. The summed E-state index contributed by atoms with van der Waals surface area (Å²) in [5.41, 5.74) is 3.06. The largest absolute Gasteiger partial charge is 0.357 e. The lowest BCUT2D eigenvalue weighted by Gasteiger charge is -2.11. The van der Waals surface area contributed by atoms with Gasteiger partial charge in [0.1, 0.15) is 5.69 Å². The Morgan fingerprint density at radius 3 is 2.73 bits per heavy atom. The summed E-state index contributed by atoms with van der Waals surface area (Å²) in [7, 11) is 0. The van der Waals surface area contributed by atoms with Crippen molar-refractivity contribution in [2.75, 3.05) is 5.32 Å². The number of nitrogens with one attached hydrogen (secondary N) is 2. The van der Waals surface area contributed by atoms with Gasteiger partial charge in [-0.15, -0.1) is 0 Å². The molecule has 0 aliphatic carbocycles. The summed E-state index contributed by atoms with van der Waals surface area (Å²) < 4.78 is 0. The SMILES string of the molecule is CCCc1[nH]c(=O)c(NC=CC(C)=O)cc1-c1ccncc1. The highest BCUT2D eigenvalue weighted by molar-refractivity contribution is 5.87. The molecule has 0 saturated carbocycles. The Morgan fingerprint density at radius 2 is 2.09 bits per heavy atom. The fourth-order valence-corrected chi connectivity index (χ4v) is 2.16. The van der Waals surface area contributed by atoms with E-state index in [9.17, 15) is 9.59 Å². The maximum atomic E-state index is 12.1. The molecule has 0 aliphatic heterocycles. The van der Waals surface area contributed by atoms with E-state index in [2.05, 4.69) is 22.2 Å². The number of pyridine rings is 2. The quantitative estimate of drug-likeness (QED) is 0.804. The van der Waals surface area contributed by atoms with Crippen molar-refractivity contribution in [1.82, 2.24) is 9.97 Å². The topological polar surface area (TPSA) is 74.8 Å². The zero-order valence-corrected chi connectivity index (χ0v) is 12.7. The van der Waals surface area contributed by atoms with Crippen LogP contribution in [0.1, 0.15) is 26.0 Å². The third-order valence-corrected chi connectivity index (χ3v) is 3.17. The minimum Gasteiger partial charge on any atom is -0.357 e. The standard InChI is InChI=1S/C17H19N3O2/c1-3-4-15-14(13-6-8-18-9-7-13)11-16(17(22)20-15)19-10-5-12(2)21/h5-11,19H,3-4H2,1-2H3,(H,20,22). The first kappa shape index (κ1) is 15.7. The van der Waals surface area contributed by atoms with Crippen molar-refractivity contribution in [2.24, 2.45) is 0 Å². The minimum atomic E-state index is -0.200. The normalized spacial score (nSPS) is 10.8. The minimum absolute atomic E-state index is 0.0825. The maximum absolute atomic E-state index is 12.1. The van der Waals surface area contributed by atoms with Crippen molar-refractivity contribution >= 4 is 11.5 Å². The average Bonchev–Trinajstić information content (AvgIpc) is 2.50. The molecule has 2 rings (SSSR count). The van der Waals surface area contributed by atoms with Crippen molar-refractivity contribution in [1.29, 1.82) is 0 Å². The molecule has 0 bridgehead atoms. The smallest absolute Gasteiger partial charge is 0.271 e. The molecular weight excluding hydrogens is 278 g/mol. The van der Waals surface area contributed by atoms with E-state index in [4.69, 9.17) is 0 Å². The van der Waals surface area contributed by atoms with Crippen LogP contribution in [0.5, 0.6) is 0 Å². The van der Waals surface area contributed by atoms with E-state index in [-0.39, 0.29) is 11.3 Å². The number of allylic oxidation sites excluding steroid dienone is 1. The Kier molecular flexibility index (Phi) is 5.25. The van der Waals surface area contributed by atoms with Gasteiger partial charge in [0.05, 0.1) is 0 Å². The molecule has 5 heteroatoms. The van der Waals surface area contributed by atoms with Crippen LogP contribution >= 0.6 is 0 Å². The lowest BCUT2D eigenvalue weighted by molar-refractivity contribution is -0.112. The highest BCUT2D eigenvalue weighted by Gasteiger charge is 2.09. The Labute approximate surface area is 129 Å². The molecular formula is C17H19N3O2. The van der Waals surface area contributed by atoms with E-state index >= 15 is 0 Å². The van der Waals surface area contributed by atoms with E-state index in [0.29, 0.717) is 5.69 Å². The van der Waals surface area contributed by atoms with Gasteiger partial charge in [0.2, 0.25) is 0 Å². The fourth-order valence-electron chi connectivity index (χ4n) is 2.16. The predicted octanol–water partition coefficient (Wildman–Crippen LogP) is 2.90. The van der Waals surface area contributed by atoms with Crippen molar-refractivity contribution in [3.05, 3.63) is 58.9 Å². The van der Waals surface area contributed by atoms with E-state index in [0.717, 1.165) is 29.7 Å². The molecule has 0 fully saturated rings. The van der Waals surface area contributed by atoms with E-state index < -0.39 is 0 Å². The Bertz CT molecular complexity index is 733. The summed E-state index contributed by atoms with van der Waals surface area (Å²) in [6.07, 6.45) is 8.02. The van der Waals surface area contributed by atoms with Gasteiger partial charge >= 0.3 is 0 Å². The van der Waals surface area contributed by atoms with E-state index in [1.54, 1.807) is 12.4 Å². The third kappa shape index (κ3) is 3.91. The van der Waals surface area contributed by atoms with Gasteiger partial charge in [-0.25, -0.2) is 0 Å². The number of aromatic amines is 1. The summed E-state index contributed by atoms with van der Waals surface area (Å²) in [6, 6.07) is 5.62. The zero-order valence-electron chi connectivity index (χ0n) is 12.7. The summed E-state index contributed by atoms with van der Waals surface area (Å²) in [5.74, 6) is -0.0825. The maximum Gasteiger partial charge on any atom is 0.271 e. The van der Waals surface area contributed by atoms with Crippen LogP contribution in [0.3, 0.4) is 0 Å².